The van der Waals surface area contributed by atoms with Gasteiger partial charge in [0.15, 0.2) is 0 Å². The van der Waals surface area contributed by atoms with Crippen molar-refractivity contribution in [2.75, 3.05) is 18.5 Å². The maximum Gasteiger partial charge on any atom is 0.142 e. The van der Waals surface area contributed by atoms with Crippen LogP contribution in [0.2, 0.25) is 0 Å². The van der Waals surface area contributed by atoms with Crippen molar-refractivity contribution in [1.29, 1.82) is 0 Å². The number of hydrogen-bond donors (Lipinski definition) is 3. The van der Waals surface area contributed by atoms with Crippen molar-refractivity contribution in [3.8, 4) is 5.75 Å². The van der Waals surface area contributed by atoms with E-state index in [9.17, 15) is 0 Å². The van der Waals surface area contributed by atoms with E-state index >= 15 is 0 Å². The van der Waals surface area contributed by atoms with Crippen LogP contribution >= 0.6 is 0 Å². The number of anilines is 1. The molecule has 0 saturated carbocycles. The predicted octanol–water partition coefficient (Wildman–Crippen LogP) is 2.02. The number of ether oxygens (including phenoxy) is 1. The summed E-state index contributed by atoms with van der Waals surface area (Å²) in [4.78, 5) is 0. The highest BCUT2D eigenvalue weighted by Gasteiger charge is 2.01. The fourth-order valence-corrected chi connectivity index (χ4v) is 1.44. The van der Waals surface area contributed by atoms with E-state index < -0.39 is 0 Å². The van der Waals surface area contributed by atoms with Crippen molar-refractivity contribution in [2.24, 2.45) is 10.9 Å². The van der Waals surface area contributed by atoms with Crippen molar-refractivity contribution in [3.05, 3.63) is 24.3 Å². The molecule has 4 N–H and O–H groups in total. The molecule has 0 amide bonds. The monoisotopic (exact) mass is 237 g/mol. The Bertz CT molecular complexity index is 367. The maximum absolute atomic E-state index is 8.39. The molecule has 0 unspecified atom stereocenters. The summed E-state index contributed by atoms with van der Waals surface area (Å²) in [7, 11) is 0. The number of hydrogen-bond acceptors (Lipinski definition) is 4. The first kappa shape index (κ1) is 13.2. The van der Waals surface area contributed by atoms with Gasteiger partial charge >= 0.3 is 0 Å². The number of rotatable bonds is 7. The number of amidine groups is 1. The van der Waals surface area contributed by atoms with Crippen LogP contribution in [0.3, 0.4) is 0 Å². The molecular weight excluding hydrogens is 218 g/mol. The lowest BCUT2D eigenvalue weighted by atomic mass is 10.2. The lowest BCUT2D eigenvalue weighted by Gasteiger charge is -2.11. The molecular formula is C12H19N3O2. The average Bonchev–Trinajstić information content (AvgIpc) is 2.36. The second-order valence-electron chi connectivity index (χ2n) is 3.55. The van der Waals surface area contributed by atoms with Crippen LogP contribution in [0.25, 0.3) is 0 Å². The number of benzene rings is 1. The van der Waals surface area contributed by atoms with Crippen molar-refractivity contribution in [2.45, 2.75) is 19.8 Å². The molecule has 17 heavy (non-hydrogen) atoms. The summed E-state index contributed by atoms with van der Waals surface area (Å²) >= 11 is 0. The zero-order valence-corrected chi connectivity index (χ0v) is 10.0. The van der Waals surface area contributed by atoms with Crippen LogP contribution in [0.1, 0.15) is 19.8 Å². The van der Waals surface area contributed by atoms with Gasteiger partial charge in [-0.3, -0.25) is 0 Å². The van der Waals surface area contributed by atoms with Gasteiger partial charge in [-0.1, -0.05) is 17.3 Å². The highest BCUT2D eigenvalue weighted by molar-refractivity contribution is 5.79. The molecule has 0 atom stereocenters. The molecule has 0 fully saturated rings. The normalized spacial score (nSPS) is 11.2. The van der Waals surface area contributed by atoms with Crippen LogP contribution in [0, 0.1) is 0 Å². The van der Waals surface area contributed by atoms with E-state index in [4.69, 9.17) is 15.7 Å². The largest absolute Gasteiger partial charge is 0.492 e. The van der Waals surface area contributed by atoms with E-state index in [2.05, 4.69) is 10.5 Å². The number of nitrogens with one attached hydrogen (secondary N) is 1. The Hall–Kier alpha value is -1.91. The van der Waals surface area contributed by atoms with Gasteiger partial charge in [-0.2, -0.15) is 0 Å². The molecule has 0 heterocycles. The second-order valence-corrected chi connectivity index (χ2v) is 3.55. The first-order chi connectivity index (χ1) is 8.27. The molecule has 0 aromatic heterocycles. The van der Waals surface area contributed by atoms with Crippen LogP contribution in [0.15, 0.2) is 29.4 Å². The summed E-state index contributed by atoms with van der Waals surface area (Å²) in [6.45, 7) is 3.35. The summed E-state index contributed by atoms with van der Waals surface area (Å²) in [5, 5.41) is 14.6. The lowest BCUT2D eigenvalue weighted by Crippen LogP contribution is -2.13. The lowest BCUT2D eigenvalue weighted by molar-refractivity contribution is 0.316. The van der Waals surface area contributed by atoms with Crippen molar-refractivity contribution in [1.82, 2.24) is 0 Å². The van der Waals surface area contributed by atoms with E-state index in [0.29, 0.717) is 13.0 Å². The summed E-state index contributed by atoms with van der Waals surface area (Å²) in [5.74, 6) is 1.10. The molecule has 1 aromatic carbocycles. The van der Waals surface area contributed by atoms with Gasteiger partial charge in [0.1, 0.15) is 11.6 Å². The molecule has 0 bridgehead atoms. The Kier molecular flexibility index (Phi) is 5.71. The van der Waals surface area contributed by atoms with Crippen LogP contribution in [-0.4, -0.2) is 24.2 Å². The minimum atomic E-state index is 0.255. The molecule has 1 rings (SSSR count). The van der Waals surface area contributed by atoms with Gasteiger partial charge in [0, 0.05) is 13.0 Å². The Morgan fingerprint density at radius 3 is 2.94 bits per heavy atom. The first-order valence-electron chi connectivity index (χ1n) is 5.70. The van der Waals surface area contributed by atoms with Crippen LogP contribution in [0.5, 0.6) is 5.75 Å². The Morgan fingerprint density at radius 1 is 1.47 bits per heavy atom. The van der Waals surface area contributed by atoms with Crippen LogP contribution < -0.4 is 15.8 Å². The highest BCUT2D eigenvalue weighted by Crippen LogP contribution is 2.23. The number of nitrogens with two attached hydrogens (primary N) is 1. The van der Waals surface area contributed by atoms with Crippen molar-refractivity contribution >= 4 is 11.5 Å². The van der Waals surface area contributed by atoms with E-state index in [1.54, 1.807) is 0 Å². The highest BCUT2D eigenvalue weighted by atomic mass is 16.5. The van der Waals surface area contributed by atoms with E-state index in [1.807, 2.05) is 31.2 Å². The Balaban J connectivity index is 2.40. The summed E-state index contributed by atoms with van der Waals surface area (Å²) in [5.41, 5.74) is 6.34. The average molecular weight is 237 g/mol. The third kappa shape index (κ3) is 4.63. The first-order valence-corrected chi connectivity index (χ1v) is 5.70. The topological polar surface area (TPSA) is 79.9 Å². The molecule has 0 aliphatic rings. The number of nitrogens with zero attached hydrogens (tertiary/aromatic N) is 1. The summed E-state index contributed by atoms with van der Waals surface area (Å²) in [6.07, 6.45) is 1.37. The van der Waals surface area contributed by atoms with Gasteiger partial charge in [-0.05, 0) is 25.5 Å². The number of oxime groups is 1. The van der Waals surface area contributed by atoms with Gasteiger partial charge in [-0.15, -0.1) is 0 Å². The second kappa shape index (κ2) is 7.38. The van der Waals surface area contributed by atoms with Crippen LogP contribution in [0.4, 0.5) is 5.69 Å². The van der Waals surface area contributed by atoms with Crippen LogP contribution in [-0.2, 0) is 0 Å². The van der Waals surface area contributed by atoms with E-state index in [-0.39, 0.29) is 5.84 Å². The third-order valence-corrected chi connectivity index (χ3v) is 2.24. The molecule has 0 aliphatic heterocycles. The fraction of sp³-hybridized carbons (Fsp3) is 0.417. The fourth-order valence-electron chi connectivity index (χ4n) is 1.44. The quantitative estimate of drug-likeness (QED) is 0.223. The summed E-state index contributed by atoms with van der Waals surface area (Å²) < 4.78 is 5.49. The predicted molar refractivity (Wildman–Crippen MR) is 68.7 cm³/mol. The zero-order valence-electron chi connectivity index (χ0n) is 10.0. The maximum atomic E-state index is 8.39. The minimum absolute atomic E-state index is 0.255. The molecule has 0 aliphatic carbocycles. The molecule has 1 aromatic rings. The van der Waals surface area contributed by atoms with E-state index in [1.165, 1.54) is 0 Å². The summed E-state index contributed by atoms with van der Waals surface area (Å²) in [6, 6.07) is 7.78. The Morgan fingerprint density at radius 2 is 2.24 bits per heavy atom. The standard InChI is InChI=1S/C12H19N3O2/c1-2-17-11-7-4-3-6-10(11)14-9-5-8-12(13)15-16/h3-4,6-7,14,16H,2,5,8-9H2,1H3,(H2,13,15). The third-order valence-electron chi connectivity index (χ3n) is 2.24. The van der Waals surface area contributed by atoms with Gasteiger partial charge in [0.2, 0.25) is 0 Å². The number of para-hydroxylation sites is 2. The van der Waals surface area contributed by atoms with E-state index in [0.717, 1.165) is 24.4 Å². The minimum Gasteiger partial charge on any atom is -0.492 e. The van der Waals surface area contributed by atoms with Crippen molar-refractivity contribution in [3.63, 3.8) is 0 Å². The Labute approximate surface area is 101 Å². The molecule has 0 spiro atoms. The molecule has 0 radical (unpaired) electrons. The smallest absolute Gasteiger partial charge is 0.142 e. The van der Waals surface area contributed by atoms with Gasteiger partial charge in [0.05, 0.1) is 12.3 Å². The SMILES string of the molecule is CCOc1ccccc1NCCCC(N)=NO. The molecule has 0 saturated heterocycles. The van der Waals surface area contributed by atoms with Gasteiger partial charge in [-0.25, -0.2) is 0 Å². The van der Waals surface area contributed by atoms with Gasteiger partial charge in [0.25, 0.3) is 0 Å². The van der Waals surface area contributed by atoms with Gasteiger partial charge < -0.3 is 21.0 Å². The van der Waals surface area contributed by atoms with Crippen molar-refractivity contribution < 1.29 is 9.94 Å². The molecule has 5 nitrogen and oxygen atoms in total. The zero-order chi connectivity index (χ0) is 12.5. The molecule has 5 heteroatoms. The molecule has 94 valence electrons.